The fraction of sp³-hybridized carbons (Fsp3) is 0.200. The van der Waals surface area contributed by atoms with Gasteiger partial charge in [-0.05, 0) is 11.4 Å². The number of nitrogens with zero attached hydrogens (tertiary/aromatic N) is 1. The molecule has 3 rings (SSSR count). The van der Waals surface area contributed by atoms with Gasteiger partial charge in [-0.25, -0.2) is 4.98 Å². The van der Waals surface area contributed by atoms with Crippen molar-refractivity contribution in [3.05, 3.63) is 33.2 Å². The highest BCUT2D eigenvalue weighted by Crippen LogP contribution is 2.33. The van der Waals surface area contributed by atoms with E-state index in [1.165, 1.54) is 18.4 Å². The van der Waals surface area contributed by atoms with Crippen molar-refractivity contribution in [1.29, 1.82) is 0 Å². The van der Waals surface area contributed by atoms with Gasteiger partial charge in [0.1, 0.15) is 11.4 Å². The summed E-state index contributed by atoms with van der Waals surface area (Å²) in [6.07, 6.45) is 0. The summed E-state index contributed by atoms with van der Waals surface area (Å²) in [4.78, 5) is 43.8. The van der Waals surface area contributed by atoms with Crippen LogP contribution in [0, 0.1) is 0 Å². The molecule has 0 atom stereocenters. The van der Waals surface area contributed by atoms with E-state index in [-0.39, 0.29) is 23.8 Å². The number of fused-ring (bicyclic) bond motifs is 1. The number of hydrogen-bond donors (Lipinski definition) is 2. The molecule has 0 aliphatic carbocycles. The number of thiophene rings is 2. The largest absolute Gasteiger partial charge is 0.468 e. The number of esters is 1. The van der Waals surface area contributed by atoms with Crippen LogP contribution in [0.15, 0.2) is 32.8 Å². The van der Waals surface area contributed by atoms with Gasteiger partial charge in [0, 0.05) is 15.8 Å². The number of aromatic nitrogens is 2. The van der Waals surface area contributed by atoms with Gasteiger partial charge in [-0.3, -0.25) is 14.4 Å². The van der Waals surface area contributed by atoms with Crippen molar-refractivity contribution in [2.75, 3.05) is 19.4 Å². The molecule has 0 aliphatic heterocycles. The second-order valence-corrected chi connectivity index (χ2v) is 7.59. The van der Waals surface area contributed by atoms with Gasteiger partial charge in [-0.2, -0.15) is 0 Å². The first-order valence-corrected chi connectivity index (χ1v) is 9.84. The van der Waals surface area contributed by atoms with Crippen molar-refractivity contribution in [2.24, 2.45) is 0 Å². The Morgan fingerprint density at radius 3 is 2.96 bits per heavy atom. The SMILES string of the molecule is COC(=O)CNC(=O)CSc1nc2scc(-c3cccs3)c2c(=O)[nH]1. The van der Waals surface area contributed by atoms with Crippen LogP contribution in [-0.2, 0) is 14.3 Å². The molecular weight excluding hydrogens is 382 g/mol. The molecule has 0 radical (unpaired) electrons. The van der Waals surface area contributed by atoms with Crippen LogP contribution in [0.25, 0.3) is 20.7 Å². The van der Waals surface area contributed by atoms with Crippen molar-refractivity contribution in [3.63, 3.8) is 0 Å². The summed E-state index contributed by atoms with van der Waals surface area (Å²) in [7, 11) is 1.25. The Morgan fingerprint density at radius 1 is 1.40 bits per heavy atom. The van der Waals surface area contributed by atoms with Crippen LogP contribution >= 0.6 is 34.4 Å². The summed E-state index contributed by atoms with van der Waals surface area (Å²) in [5, 5.41) is 7.22. The summed E-state index contributed by atoms with van der Waals surface area (Å²) < 4.78 is 4.44. The number of rotatable bonds is 6. The van der Waals surface area contributed by atoms with Gasteiger partial charge in [0.05, 0.1) is 18.2 Å². The Labute approximate surface area is 154 Å². The Morgan fingerprint density at radius 2 is 2.24 bits per heavy atom. The minimum Gasteiger partial charge on any atom is -0.468 e. The fourth-order valence-electron chi connectivity index (χ4n) is 2.04. The van der Waals surface area contributed by atoms with E-state index in [4.69, 9.17) is 0 Å². The standard InChI is InChI=1S/C15H13N3O4S3/c1-22-11(20)5-16-10(19)7-25-15-17-13(21)12-8(6-24-14(12)18-15)9-3-2-4-23-9/h2-4,6H,5,7H2,1H3,(H,16,19)(H,17,18,21). The molecule has 0 aliphatic rings. The predicted molar refractivity (Wildman–Crippen MR) is 99.3 cm³/mol. The molecule has 1 amide bonds. The molecule has 0 saturated heterocycles. The van der Waals surface area contributed by atoms with Crippen molar-refractivity contribution in [1.82, 2.24) is 15.3 Å². The second-order valence-electron chi connectivity index (χ2n) is 4.82. The monoisotopic (exact) mass is 395 g/mol. The molecule has 2 N–H and O–H groups in total. The molecule has 25 heavy (non-hydrogen) atoms. The number of amides is 1. The molecule has 3 aromatic rings. The Bertz CT molecular complexity index is 962. The molecular formula is C15H13N3O4S3. The lowest BCUT2D eigenvalue weighted by Crippen LogP contribution is -2.31. The van der Waals surface area contributed by atoms with Gasteiger partial charge < -0.3 is 15.0 Å². The Hall–Kier alpha value is -2.17. The molecule has 10 heteroatoms. The molecule has 0 aromatic carbocycles. The number of ether oxygens (including phenoxy) is 1. The van der Waals surface area contributed by atoms with Gasteiger partial charge in [0.25, 0.3) is 5.56 Å². The van der Waals surface area contributed by atoms with E-state index >= 15 is 0 Å². The van der Waals surface area contributed by atoms with Crippen molar-refractivity contribution >= 4 is 56.5 Å². The quantitative estimate of drug-likeness (QED) is 0.377. The first-order chi connectivity index (χ1) is 12.1. The highest BCUT2D eigenvalue weighted by atomic mass is 32.2. The van der Waals surface area contributed by atoms with E-state index < -0.39 is 5.97 Å². The van der Waals surface area contributed by atoms with Crippen LogP contribution in [0.2, 0.25) is 0 Å². The van der Waals surface area contributed by atoms with Gasteiger partial charge >= 0.3 is 5.97 Å². The summed E-state index contributed by atoms with van der Waals surface area (Å²) in [6.45, 7) is -0.187. The van der Waals surface area contributed by atoms with E-state index in [0.717, 1.165) is 22.2 Å². The fourth-order valence-corrected chi connectivity index (χ4v) is 4.55. The molecule has 0 unspecified atom stereocenters. The van der Waals surface area contributed by atoms with Crippen molar-refractivity contribution < 1.29 is 14.3 Å². The number of H-pyrrole nitrogens is 1. The first-order valence-electron chi connectivity index (χ1n) is 7.10. The molecule has 3 heterocycles. The lowest BCUT2D eigenvalue weighted by Gasteiger charge is -2.03. The normalized spacial score (nSPS) is 10.8. The predicted octanol–water partition coefficient (Wildman–Crippen LogP) is 2.09. The number of hydrogen-bond acceptors (Lipinski definition) is 8. The third-order valence-corrected chi connectivity index (χ3v) is 5.86. The number of methoxy groups -OCH3 is 1. The zero-order valence-corrected chi connectivity index (χ0v) is 15.5. The zero-order valence-electron chi connectivity index (χ0n) is 13.0. The Kier molecular flexibility index (Phi) is 5.51. The average molecular weight is 395 g/mol. The van der Waals surface area contributed by atoms with Crippen molar-refractivity contribution in [2.45, 2.75) is 5.16 Å². The van der Waals surface area contributed by atoms with Gasteiger partial charge in [-0.15, -0.1) is 22.7 Å². The second kappa shape index (κ2) is 7.81. The van der Waals surface area contributed by atoms with Crippen LogP contribution in [-0.4, -0.2) is 41.3 Å². The van der Waals surface area contributed by atoms with Crippen molar-refractivity contribution in [3.8, 4) is 10.4 Å². The molecule has 0 spiro atoms. The van der Waals surface area contributed by atoms with Crippen LogP contribution in [0.5, 0.6) is 0 Å². The number of nitrogens with one attached hydrogen (secondary N) is 2. The van der Waals surface area contributed by atoms with Gasteiger partial charge in [0.15, 0.2) is 5.16 Å². The van der Waals surface area contributed by atoms with Gasteiger partial charge in [-0.1, -0.05) is 17.8 Å². The van der Waals surface area contributed by atoms with Crippen LogP contribution < -0.4 is 10.9 Å². The number of carbonyl (C=O) groups excluding carboxylic acids is 2. The first kappa shape index (κ1) is 17.6. The van der Waals surface area contributed by atoms with Crippen LogP contribution in [0.4, 0.5) is 0 Å². The third-order valence-electron chi connectivity index (χ3n) is 3.21. The minimum atomic E-state index is -0.522. The maximum absolute atomic E-state index is 12.4. The Balaban J connectivity index is 1.73. The highest BCUT2D eigenvalue weighted by molar-refractivity contribution is 7.99. The average Bonchev–Trinajstić information content (AvgIpc) is 3.26. The maximum atomic E-state index is 12.4. The lowest BCUT2D eigenvalue weighted by molar-refractivity contribution is -0.140. The molecule has 0 saturated carbocycles. The lowest BCUT2D eigenvalue weighted by atomic mass is 10.2. The van der Waals surface area contributed by atoms with E-state index in [0.29, 0.717) is 15.4 Å². The summed E-state index contributed by atoms with van der Waals surface area (Å²) in [5.74, 6) is -0.830. The van der Waals surface area contributed by atoms with E-state index in [9.17, 15) is 14.4 Å². The summed E-state index contributed by atoms with van der Waals surface area (Å²) >= 11 is 4.06. The van der Waals surface area contributed by atoms with E-state index in [2.05, 4.69) is 20.0 Å². The number of carbonyl (C=O) groups is 2. The maximum Gasteiger partial charge on any atom is 0.325 e. The van der Waals surface area contributed by atoms with E-state index in [1.54, 1.807) is 11.3 Å². The smallest absolute Gasteiger partial charge is 0.325 e. The third kappa shape index (κ3) is 4.09. The minimum absolute atomic E-state index is 0.0363. The number of aromatic amines is 1. The summed E-state index contributed by atoms with van der Waals surface area (Å²) in [5.41, 5.74) is 0.642. The molecule has 0 fully saturated rings. The van der Waals surface area contributed by atoms with E-state index in [1.807, 2.05) is 22.9 Å². The molecule has 0 bridgehead atoms. The van der Waals surface area contributed by atoms with Crippen LogP contribution in [0.3, 0.4) is 0 Å². The van der Waals surface area contributed by atoms with Gasteiger partial charge in [0.2, 0.25) is 5.91 Å². The molecule has 7 nitrogen and oxygen atoms in total. The number of thioether (sulfide) groups is 1. The topological polar surface area (TPSA) is 101 Å². The molecule has 3 aromatic heterocycles. The van der Waals surface area contributed by atoms with Crippen LogP contribution in [0.1, 0.15) is 0 Å². The summed E-state index contributed by atoms with van der Waals surface area (Å²) in [6, 6.07) is 3.89. The highest BCUT2D eigenvalue weighted by Gasteiger charge is 2.14. The zero-order chi connectivity index (χ0) is 17.8. The molecule has 130 valence electrons.